The van der Waals surface area contributed by atoms with Gasteiger partial charge in [-0.2, -0.15) is 0 Å². The highest BCUT2D eigenvalue weighted by Crippen LogP contribution is 2.32. The Kier molecular flexibility index (Phi) is 26.4. The van der Waals surface area contributed by atoms with Gasteiger partial charge >= 0.3 is 17.9 Å². The predicted molar refractivity (Wildman–Crippen MR) is 163 cm³/mol. The van der Waals surface area contributed by atoms with Gasteiger partial charge in [0.1, 0.15) is 0 Å². The van der Waals surface area contributed by atoms with Gasteiger partial charge in [-0.1, -0.05) is 118 Å². The van der Waals surface area contributed by atoms with Crippen molar-refractivity contribution in [2.75, 3.05) is 32.9 Å². The molecule has 7 nitrogen and oxygen atoms in total. The van der Waals surface area contributed by atoms with Crippen LogP contribution in [-0.4, -0.2) is 50.8 Å². The van der Waals surface area contributed by atoms with Gasteiger partial charge in [0.05, 0.1) is 19.8 Å². The third kappa shape index (κ3) is 17.9. The van der Waals surface area contributed by atoms with Crippen molar-refractivity contribution in [1.82, 2.24) is 5.32 Å². The van der Waals surface area contributed by atoms with Gasteiger partial charge in [0.25, 0.3) is 5.41 Å². The van der Waals surface area contributed by atoms with E-state index in [0.717, 1.165) is 64.5 Å². The number of carbonyl (C=O) groups excluding carboxylic acids is 3. The molecule has 0 unspecified atom stereocenters. The second-order valence-electron chi connectivity index (χ2n) is 11.1. The molecule has 7 heteroatoms. The van der Waals surface area contributed by atoms with Crippen molar-refractivity contribution in [2.45, 2.75) is 156 Å². The minimum absolute atomic E-state index is 0.0634. The van der Waals surface area contributed by atoms with Crippen molar-refractivity contribution in [3.8, 4) is 0 Å². The highest BCUT2D eigenvalue weighted by atomic mass is 16.6. The zero-order chi connectivity index (χ0) is 29.7. The van der Waals surface area contributed by atoms with Gasteiger partial charge in [0, 0.05) is 0 Å². The highest BCUT2D eigenvalue weighted by molar-refractivity contribution is 6.17. The number of hydrogen-bond acceptors (Lipinski definition) is 7. The van der Waals surface area contributed by atoms with E-state index < -0.39 is 23.3 Å². The fraction of sp³-hybridized carbons (Fsp3) is 0.909. The number of esters is 3. The van der Waals surface area contributed by atoms with Crippen LogP contribution in [0.5, 0.6) is 0 Å². The lowest BCUT2D eigenvalue weighted by molar-refractivity contribution is -0.185. The van der Waals surface area contributed by atoms with Gasteiger partial charge in [-0.3, -0.25) is 14.4 Å². The molecule has 236 valence electrons. The summed E-state index contributed by atoms with van der Waals surface area (Å²) in [6.45, 7) is 10.9. The number of ether oxygens (including phenoxy) is 3. The Bertz CT molecular complexity index is 569. The Balaban J connectivity index is 4.67. The Morgan fingerprint density at radius 1 is 0.450 bits per heavy atom. The third-order valence-corrected chi connectivity index (χ3v) is 7.35. The number of hydrogen-bond donors (Lipinski definition) is 1. The first-order valence-electron chi connectivity index (χ1n) is 16.7. The van der Waals surface area contributed by atoms with Crippen molar-refractivity contribution in [3.63, 3.8) is 0 Å². The largest absolute Gasteiger partial charge is 0.464 e. The van der Waals surface area contributed by atoms with Crippen LogP contribution in [0.1, 0.15) is 156 Å². The number of nitrogens with one attached hydrogen (secondary N) is 1. The van der Waals surface area contributed by atoms with E-state index in [1.54, 1.807) is 0 Å². The van der Waals surface area contributed by atoms with E-state index >= 15 is 0 Å². The molecular formula is C33H63NO6. The highest BCUT2D eigenvalue weighted by Gasteiger charge is 2.57. The van der Waals surface area contributed by atoms with E-state index in [-0.39, 0.29) is 26.2 Å². The fourth-order valence-corrected chi connectivity index (χ4v) is 4.53. The van der Waals surface area contributed by atoms with Crippen LogP contribution in [0.4, 0.5) is 0 Å². The first kappa shape index (κ1) is 38.4. The predicted octanol–water partition coefficient (Wildman–Crippen LogP) is 8.07. The van der Waals surface area contributed by atoms with E-state index in [0.29, 0.717) is 25.7 Å². The Labute approximate surface area is 246 Å². The SMILES string of the molecule is CCCCCCCCCNCCCCCCCCC(C(=O)OCCCC)(C(=O)OCCCC)C(=O)OCCCC. The average Bonchev–Trinajstić information content (AvgIpc) is 2.95. The molecule has 0 heterocycles. The van der Waals surface area contributed by atoms with Crippen LogP contribution in [0.15, 0.2) is 0 Å². The topological polar surface area (TPSA) is 90.9 Å². The zero-order valence-corrected chi connectivity index (χ0v) is 26.6. The molecule has 0 bridgehead atoms. The molecule has 0 aromatic heterocycles. The summed E-state index contributed by atoms with van der Waals surface area (Å²) >= 11 is 0. The minimum atomic E-state index is -2.03. The maximum atomic E-state index is 13.2. The third-order valence-electron chi connectivity index (χ3n) is 7.35. The van der Waals surface area contributed by atoms with Gasteiger partial charge < -0.3 is 19.5 Å². The molecule has 0 atom stereocenters. The van der Waals surface area contributed by atoms with Crippen molar-refractivity contribution in [2.24, 2.45) is 5.41 Å². The average molecular weight is 570 g/mol. The summed E-state index contributed by atoms with van der Waals surface area (Å²) in [5, 5.41) is 3.56. The lowest BCUT2D eigenvalue weighted by Crippen LogP contribution is -2.49. The molecule has 0 aliphatic heterocycles. The number of unbranched alkanes of at least 4 members (excludes halogenated alkanes) is 14. The zero-order valence-electron chi connectivity index (χ0n) is 26.6. The number of carbonyl (C=O) groups is 3. The Morgan fingerprint density at radius 3 is 1.15 bits per heavy atom. The van der Waals surface area contributed by atoms with Crippen molar-refractivity contribution < 1.29 is 28.6 Å². The van der Waals surface area contributed by atoms with Crippen molar-refractivity contribution in [3.05, 3.63) is 0 Å². The second kappa shape index (κ2) is 27.5. The maximum Gasteiger partial charge on any atom is 0.335 e. The standard InChI is InChI=1S/C33H63NO6/c1-5-9-13-14-16-19-22-25-34-26-23-20-17-15-18-21-24-33(30(35)38-27-10-6-2,31(36)39-28-11-7-3)32(37)40-29-12-8-4/h34H,5-29H2,1-4H3. The van der Waals surface area contributed by atoms with Crippen molar-refractivity contribution >= 4 is 17.9 Å². The summed E-state index contributed by atoms with van der Waals surface area (Å²) in [5.41, 5.74) is -2.03. The van der Waals surface area contributed by atoms with E-state index in [4.69, 9.17) is 14.2 Å². The summed E-state index contributed by atoms with van der Waals surface area (Å²) in [4.78, 5) is 39.7. The molecule has 0 aromatic rings. The van der Waals surface area contributed by atoms with Crippen LogP contribution < -0.4 is 5.32 Å². The normalized spacial score (nSPS) is 11.4. The van der Waals surface area contributed by atoms with Crippen LogP contribution in [0.25, 0.3) is 0 Å². The first-order chi connectivity index (χ1) is 19.5. The van der Waals surface area contributed by atoms with Gasteiger partial charge in [0.15, 0.2) is 0 Å². The lowest BCUT2D eigenvalue weighted by Gasteiger charge is -2.27. The molecular weight excluding hydrogens is 506 g/mol. The lowest BCUT2D eigenvalue weighted by atomic mass is 9.82. The van der Waals surface area contributed by atoms with Crippen LogP contribution in [0, 0.1) is 5.41 Å². The summed E-state index contributed by atoms with van der Waals surface area (Å²) in [5.74, 6) is -2.47. The maximum absolute atomic E-state index is 13.2. The van der Waals surface area contributed by atoms with Gasteiger partial charge in [-0.15, -0.1) is 0 Å². The summed E-state index contributed by atoms with van der Waals surface area (Å²) in [6.07, 6.45) is 19.7. The molecule has 0 radical (unpaired) electrons. The molecule has 0 saturated heterocycles. The quantitative estimate of drug-likeness (QED) is 0.0421. The van der Waals surface area contributed by atoms with Crippen LogP contribution in [0.3, 0.4) is 0 Å². The Morgan fingerprint density at radius 2 is 0.775 bits per heavy atom. The molecule has 0 spiro atoms. The summed E-state index contributed by atoms with van der Waals surface area (Å²) in [7, 11) is 0. The fourth-order valence-electron chi connectivity index (χ4n) is 4.53. The molecule has 0 amide bonds. The van der Waals surface area contributed by atoms with Crippen LogP contribution in [-0.2, 0) is 28.6 Å². The molecule has 0 aliphatic rings. The molecule has 0 aliphatic carbocycles. The van der Waals surface area contributed by atoms with E-state index in [2.05, 4.69) is 12.2 Å². The van der Waals surface area contributed by atoms with Crippen LogP contribution >= 0.6 is 0 Å². The second-order valence-corrected chi connectivity index (χ2v) is 11.1. The molecule has 0 fully saturated rings. The summed E-state index contributed by atoms with van der Waals surface area (Å²) in [6, 6.07) is 0. The first-order valence-corrected chi connectivity index (χ1v) is 16.7. The van der Waals surface area contributed by atoms with E-state index in [9.17, 15) is 14.4 Å². The molecule has 0 rings (SSSR count). The smallest absolute Gasteiger partial charge is 0.335 e. The minimum Gasteiger partial charge on any atom is -0.464 e. The monoisotopic (exact) mass is 569 g/mol. The van der Waals surface area contributed by atoms with Gasteiger partial charge in [0.2, 0.25) is 0 Å². The molecule has 1 N–H and O–H groups in total. The van der Waals surface area contributed by atoms with Gasteiger partial charge in [-0.25, -0.2) is 0 Å². The molecule has 0 aromatic carbocycles. The van der Waals surface area contributed by atoms with Crippen molar-refractivity contribution in [1.29, 1.82) is 0 Å². The Hall–Kier alpha value is -1.63. The van der Waals surface area contributed by atoms with E-state index in [1.165, 1.54) is 44.9 Å². The molecule has 40 heavy (non-hydrogen) atoms. The molecule has 0 saturated carbocycles. The number of rotatable bonds is 29. The summed E-state index contributed by atoms with van der Waals surface area (Å²) < 4.78 is 16.3. The van der Waals surface area contributed by atoms with Crippen LogP contribution in [0.2, 0.25) is 0 Å². The van der Waals surface area contributed by atoms with E-state index in [1.807, 2.05) is 20.8 Å². The van der Waals surface area contributed by atoms with Gasteiger partial charge in [-0.05, 0) is 51.6 Å².